The maximum Gasteiger partial charge on any atom is 0.227 e. The lowest BCUT2D eigenvalue weighted by atomic mass is 9.98. The Morgan fingerprint density at radius 1 is 1.47 bits per heavy atom. The van der Waals surface area contributed by atoms with Crippen molar-refractivity contribution in [1.82, 2.24) is 10.2 Å². The van der Waals surface area contributed by atoms with Crippen LogP contribution in [0, 0.1) is 5.92 Å². The van der Waals surface area contributed by atoms with Crippen molar-refractivity contribution in [2.24, 2.45) is 5.92 Å². The summed E-state index contributed by atoms with van der Waals surface area (Å²) in [4.78, 5) is 14.1. The van der Waals surface area contributed by atoms with E-state index in [0.29, 0.717) is 6.54 Å². The topological polar surface area (TPSA) is 41.6 Å². The van der Waals surface area contributed by atoms with Gasteiger partial charge in [0.15, 0.2) is 0 Å². The van der Waals surface area contributed by atoms with Gasteiger partial charge in [0.2, 0.25) is 5.91 Å². The number of ether oxygens (including phenoxy) is 1. The van der Waals surface area contributed by atoms with E-state index in [1.807, 2.05) is 31.3 Å². The normalized spacial score (nSPS) is 18.9. The zero-order valence-electron chi connectivity index (χ0n) is 11.7. The average Bonchev–Trinajstić information content (AvgIpc) is 2.48. The summed E-state index contributed by atoms with van der Waals surface area (Å²) in [5.74, 6) is 1.18. The molecule has 4 heteroatoms. The van der Waals surface area contributed by atoms with Gasteiger partial charge in [0.05, 0.1) is 13.0 Å². The fourth-order valence-electron chi connectivity index (χ4n) is 2.54. The molecule has 0 aliphatic carbocycles. The first-order valence-corrected chi connectivity index (χ1v) is 6.80. The van der Waals surface area contributed by atoms with E-state index in [4.69, 9.17) is 4.74 Å². The van der Waals surface area contributed by atoms with E-state index in [1.165, 1.54) is 0 Å². The van der Waals surface area contributed by atoms with Crippen molar-refractivity contribution < 1.29 is 9.53 Å². The monoisotopic (exact) mass is 262 g/mol. The highest BCUT2D eigenvalue weighted by atomic mass is 16.5. The van der Waals surface area contributed by atoms with Crippen molar-refractivity contribution in [2.45, 2.75) is 19.4 Å². The Bertz CT molecular complexity index is 428. The molecule has 1 heterocycles. The molecule has 19 heavy (non-hydrogen) atoms. The van der Waals surface area contributed by atoms with E-state index in [0.717, 1.165) is 37.2 Å². The summed E-state index contributed by atoms with van der Waals surface area (Å²) >= 11 is 0. The summed E-state index contributed by atoms with van der Waals surface area (Å²) in [5, 5.41) is 3.28. The molecule has 1 aromatic carbocycles. The van der Waals surface area contributed by atoms with Crippen LogP contribution in [-0.2, 0) is 11.3 Å². The van der Waals surface area contributed by atoms with Crippen LogP contribution in [0.4, 0.5) is 0 Å². The molecule has 1 N–H and O–H groups in total. The highest BCUT2D eigenvalue weighted by Gasteiger charge is 2.24. The number of hydrogen-bond donors (Lipinski definition) is 1. The third-order valence-corrected chi connectivity index (χ3v) is 3.62. The number of benzene rings is 1. The molecule has 1 unspecified atom stereocenters. The Morgan fingerprint density at radius 2 is 2.26 bits per heavy atom. The smallest absolute Gasteiger partial charge is 0.227 e. The number of piperidine rings is 1. The fraction of sp³-hybridized carbons (Fsp3) is 0.533. The molecule has 1 amide bonds. The number of nitrogens with one attached hydrogen (secondary N) is 1. The first-order valence-electron chi connectivity index (χ1n) is 6.80. The summed E-state index contributed by atoms with van der Waals surface area (Å²) in [6.45, 7) is 2.43. The van der Waals surface area contributed by atoms with Crippen LogP contribution in [0.3, 0.4) is 0 Å². The van der Waals surface area contributed by atoms with Crippen LogP contribution in [-0.4, -0.2) is 38.1 Å². The number of methoxy groups -OCH3 is 1. The zero-order valence-corrected chi connectivity index (χ0v) is 11.7. The molecule has 1 fully saturated rings. The van der Waals surface area contributed by atoms with Gasteiger partial charge in [-0.2, -0.15) is 0 Å². The first-order chi connectivity index (χ1) is 9.22. The minimum atomic E-state index is 0.119. The maximum absolute atomic E-state index is 12.3. The molecule has 1 aliphatic rings. The number of carbonyl (C=O) groups excluding carboxylic acids is 1. The molecule has 0 bridgehead atoms. The molecule has 0 radical (unpaired) electrons. The number of carbonyl (C=O) groups is 1. The van der Waals surface area contributed by atoms with E-state index in [2.05, 4.69) is 5.32 Å². The van der Waals surface area contributed by atoms with Gasteiger partial charge in [-0.05, 0) is 25.5 Å². The minimum Gasteiger partial charge on any atom is -0.496 e. The maximum atomic E-state index is 12.3. The fourth-order valence-corrected chi connectivity index (χ4v) is 2.54. The SMILES string of the molecule is COc1ccccc1CN(C)C(=O)C1CCCNC1. The van der Waals surface area contributed by atoms with Gasteiger partial charge < -0.3 is 15.0 Å². The molecule has 1 saturated heterocycles. The molecule has 1 aromatic rings. The quantitative estimate of drug-likeness (QED) is 0.897. The summed E-state index contributed by atoms with van der Waals surface area (Å²) in [7, 11) is 3.52. The second-order valence-corrected chi connectivity index (χ2v) is 5.05. The van der Waals surface area contributed by atoms with E-state index < -0.39 is 0 Å². The molecule has 4 nitrogen and oxygen atoms in total. The van der Waals surface area contributed by atoms with Crippen molar-refractivity contribution in [2.75, 3.05) is 27.2 Å². The molecule has 1 atom stereocenters. The molecule has 0 saturated carbocycles. The molecular formula is C15H22N2O2. The average molecular weight is 262 g/mol. The molecule has 1 aliphatic heterocycles. The van der Waals surface area contributed by atoms with Crippen molar-refractivity contribution in [3.63, 3.8) is 0 Å². The molecule has 104 valence electrons. The molecule has 2 rings (SSSR count). The lowest BCUT2D eigenvalue weighted by Crippen LogP contribution is -2.41. The van der Waals surface area contributed by atoms with Crippen LogP contribution in [0.25, 0.3) is 0 Å². The van der Waals surface area contributed by atoms with Gasteiger partial charge in [-0.15, -0.1) is 0 Å². The van der Waals surface area contributed by atoms with Crippen LogP contribution in [0.15, 0.2) is 24.3 Å². The summed E-state index contributed by atoms with van der Waals surface area (Å²) in [5.41, 5.74) is 1.05. The Balaban J connectivity index is 1.99. The van der Waals surface area contributed by atoms with Crippen LogP contribution >= 0.6 is 0 Å². The van der Waals surface area contributed by atoms with Crippen molar-refractivity contribution >= 4 is 5.91 Å². The molecule has 0 spiro atoms. The van der Waals surface area contributed by atoms with Gasteiger partial charge in [0.1, 0.15) is 5.75 Å². The van der Waals surface area contributed by atoms with Gasteiger partial charge in [-0.1, -0.05) is 18.2 Å². The van der Waals surface area contributed by atoms with E-state index >= 15 is 0 Å². The Kier molecular flexibility index (Phi) is 4.80. The van der Waals surface area contributed by atoms with Crippen molar-refractivity contribution in [1.29, 1.82) is 0 Å². The summed E-state index contributed by atoms with van der Waals surface area (Å²) in [6.07, 6.45) is 2.07. The van der Waals surface area contributed by atoms with Crippen LogP contribution in [0.2, 0.25) is 0 Å². The van der Waals surface area contributed by atoms with E-state index in [9.17, 15) is 4.79 Å². The molecular weight excluding hydrogens is 240 g/mol. The Morgan fingerprint density at radius 3 is 2.95 bits per heavy atom. The van der Waals surface area contributed by atoms with Gasteiger partial charge in [-0.25, -0.2) is 0 Å². The van der Waals surface area contributed by atoms with Crippen molar-refractivity contribution in [3.05, 3.63) is 29.8 Å². The number of nitrogens with zero attached hydrogens (tertiary/aromatic N) is 1. The van der Waals surface area contributed by atoms with Crippen molar-refractivity contribution in [3.8, 4) is 5.75 Å². The van der Waals surface area contributed by atoms with E-state index in [-0.39, 0.29) is 11.8 Å². The van der Waals surface area contributed by atoms with E-state index in [1.54, 1.807) is 12.0 Å². The first kappa shape index (κ1) is 13.9. The second-order valence-electron chi connectivity index (χ2n) is 5.05. The predicted molar refractivity (Wildman–Crippen MR) is 75.1 cm³/mol. The number of para-hydroxylation sites is 1. The summed E-state index contributed by atoms with van der Waals surface area (Å²) in [6, 6.07) is 7.84. The standard InChI is InChI=1S/C15H22N2O2/c1-17(15(18)12-7-5-9-16-10-12)11-13-6-3-4-8-14(13)19-2/h3-4,6,8,12,16H,5,7,9-11H2,1-2H3. The van der Waals surface area contributed by atoms with Gasteiger partial charge in [-0.3, -0.25) is 4.79 Å². The van der Waals surface area contributed by atoms with Crippen LogP contribution in [0.5, 0.6) is 5.75 Å². The highest BCUT2D eigenvalue weighted by Crippen LogP contribution is 2.20. The third-order valence-electron chi connectivity index (χ3n) is 3.62. The lowest BCUT2D eigenvalue weighted by Gasteiger charge is -2.27. The third kappa shape index (κ3) is 3.47. The van der Waals surface area contributed by atoms with Crippen LogP contribution in [0.1, 0.15) is 18.4 Å². The summed E-state index contributed by atoms with van der Waals surface area (Å²) < 4.78 is 5.32. The zero-order chi connectivity index (χ0) is 13.7. The van der Waals surface area contributed by atoms with Gasteiger partial charge >= 0.3 is 0 Å². The lowest BCUT2D eigenvalue weighted by molar-refractivity contribution is -0.135. The Labute approximate surface area is 114 Å². The molecule has 0 aromatic heterocycles. The predicted octanol–water partition coefficient (Wildman–Crippen LogP) is 1.65. The highest BCUT2D eigenvalue weighted by molar-refractivity contribution is 5.79. The number of amides is 1. The minimum absolute atomic E-state index is 0.119. The largest absolute Gasteiger partial charge is 0.496 e. The number of hydrogen-bond acceptors (Lipinski definition) is 3. The van der Waals surface area contributed by atoms with Gasteiger partial charge in [0, 0.05) is 25.7 Å². The van der Waals surface area contributed by atoms with Crippen LogP contribution < -0.4 is 10.1 Å². The number of rotatable bonds is 4. The Hall–Kier alpha value is -1.55. The van der Waals surface area contributed by atoms with Gasteiger partial charge in [0.25, 0.3) is 0 Å². The second kappa shape index (κ2) is 6.57.